The lowest BCUT2D eigenvalue weighted by molar-refractivity contribution is 0.103. The van der Waals surface area contributed by atoms with Crippen molar-refractivity contribution < 1.29 is 9.53 Å². The minimum absolute atomic E-state index is 0.186. The first-order chi connectivity index (χ1) is 8.60. The summed E-state index contributed by atoms with van der Waals surface area (Å²) in [5.41, 5.74) is 6.82. The lowest BCUT2D eigenvalue weighted by Gasteiger charge is -2.10. The van der Waals surface area contributed by atoms with Gasteiger partial charge in [0.1, 0.15) is 5.75 Å². The number of carbonyl (C=O) groups excluding carboxylic acids is 1. The largest absolute Gasteiger partial charge is 0.495 e. The van der Waals surface area contributed by atoms with E-state index in [-0.39, 0.29) is 5.91 Å². The molecule has 0 spiro atoms. The molecule has 1 aromatic heterocycles. The van der Waals surface area contributed by atoms with Gasteiger partial charge < -0.3 is 15.8 Å². The van der Waals surface area contributed by atoms with E-state index in [1.165, 1.54) is 11.3 Å². The summed E-state index contributed by atoms with van der Waals surface area (Å²) in [5.74, 6) is 0.391. The van der Waals surface area contributed by atoms with E-state index in [4.69, 9.17) is 10.5 Å². The van der Waals surface area contributed by atoms with Gasteiger partial charge in [-0.05, 0) is 46.3 Å². The highest BCUT2D eigenvalue weighted by Crippen LogP contribution is 2.28. The number of hydrogen-bond donors (Lipinski definition) is 2. The lowest BCUT2D eigenvalue weighted by atomic mass is 10.2. The number of ether oxygens (including phenoxy) is 1. The first-order valence-corrected chi connectivity index (χ1v) is 6.71. The molecule has 0 unspecified atom stereocenters. The summed E-state index contributed by atoms with van der Waals surface area (Å²) >= 11 is 4.68. The third-order valence-electron chi connectivity index (χ3n) is 2.27. The van der Waals surface area contributed by atoms with Crippen LogP contribution in [0.4, 0.5) is 11.4 Å². The quantitative estimate of drug-likeness (QED) is 0.850. The van der Waals surface area contributed by atoms with Gasteiger partial charge in [-0.3, -0.25) is 4.79 Å². The molecule has 2 aromatic rings. The number of thiophene rings is 1. The Labute approximate surface area is 117 Å². The standard InChI is InChI=1S/C12H11BrN2O2S/c1-17-9-3-2-7(14)6-8(9)15-12(16)10-4-5-11(13)18-10/h2-6H,14H2,1H3,(H,15,16). The second-order valence-electron chi connectivity index (χ2n) is 3.52. The Kier molecular flexibility index (Phi) is 3.88. The van der Waals surface area contributed by atoms with Gasteiger partial charge in [-0.25, -0.2) is 0 Å². The summed E-state index contributed by atoms with van der Waals surface area (Å²) in [6.07, 6.45) is 0. The number of amides is 1. The van der Waals surface area contributed by atoms with Gasteiger partial charge >= 0.3 is 0 Å². The monoisotopic (exact) mass is 326 g/mol. The number of nitrogens with one attached hydrogen (secondary N) is 1. The van der Waals surface area contributed by atoms with Crippen molar-refractivity contribution >= 4 is 44.5 Å². The van der Waals surface area contributed by atoms with Crippen LogP contribution in [-0.2, 0) is 0 Å². The van der Waals surface area contributed by atoms with Crippen LogP contribution in [0.25, 0.3) is 0 Å². The van der Waals surface area contributed by atoms with E-state index >= 15 is 0 Å². The average molecular weight is 327 g/mol. The Balaban J connectivity index is 2.23. The molecular weight excluding hydrogens is 316 g/mol. The number of hydrogen-bond acceptors (Lipinski definition) is 4. The predicted octanol–water partition coefficient (Wildman–Crippen LogP) is 3.35. The maximum atomic E-state index is 12.0. The molecular formula is C12H11BrN2O2S. The van der Waals surface area contributed by atoms with Gasteiger partial charge in [0, 0.05) is 5.69 Å². The van der Waals surface area contributed by atoms with Crippen LogP contribution in [0.2, 0.25) is 0 Å². The summed E-state index contributed by atoms with van der Waals surface area (Å²) in [4.78, 5) is 12.6. The number of methoxy groups -OCH3 is 1. The van der Waals surface area contributed by atoms with Crippen molar-refractivity contribution in [2.24, 2.45) is 0 Å². The van der Waals surface area contributed by atoms with Gasteiger partial charge in [-0.15, -0.1) is 11.3 Å². The van der Waals surface area contributed by atoms with Crippen molar-refractivity contribution in [2.45, 2.75) is 0 Å². The van der Waals surface area contributed by atoms with Gasteiger partial charge in [0.25, 0.3) is 5.91 Å². The second kappa shape index (κ2) is 5.41. The number of halogens is 1. The van der Waals surface area contributed by atoms with Crippen molar-refractivity contribution in [3.63, 3.8) is 0 Å². The first kappa shape index (κ1) is 12.9. The fourth-order valence-corrected chi connectivity index (χ4v) is 2.72. The number of carbonyl (C=O) groups is 1. The van der Waals surface area contributed by atoms with Gasteiger partial charge in [0.2, 0.25) is 0 Å². The van der Waals surface area contributed by atoms with E-state index < -0.39 is 0 Å². The van der Waals surface area contributed by atoms with Crippen LogP contribution in [0.5, 0.6) is 5.75 Å². The number of nitrogens with two attached hydrogens (primary N) is 1. The molecule has 3 N–H and O–H groups in total. The molecule has 1 heterocycles. The van der Waals surface area contributed by atoms with Crippen LogP contribution < -0.4 is 15.8 Å². The SMILES string of the molecule is COc1ccc(N)cc1NC(=O)c1ccc(Br)s1. The third kappa shape index (κ3) is 2.83. The Morgan fingerprint density at radius 3 is 2.78 bits per heavy atom. The molecule has 0 saturated heterocycles. The summed E-state index contributed by atoms with van der Waals surface area (Å²) in [7, 11) is 1.54. The molecule has 0 aliphatic carbocycles. The van der Waals surface area contributed by atoms with E-state index in [1.807, 2.05) is 6.07 Å². The maximum absolute atomic E-state index is 12.0. The molecule has 0 bridgehead atoms. The van der Waals surface area contributed by atoms with Gasteiger partial charge in [0.15, 0.2) is 0 Å². The van der Waals surface area contributed by atoms with Gasteiger partial charge in [-0.1, -0.05) is 0 Å². The summed E-state index contributed by atoms with van der Waals surface area (Å²) in [5, 5.41) is 2.78. The molecule has 18 heavy (non-hydrogen) atoms. The van der Waals surface area contributed by atoms with Crippen molar-refractivity contribution in [3.8, 4) is 5.75 Å². The molecule has 2 rings (SSSR count). The first-order valence-electron chi connectivity index (χ1n) is 5.10. The molecule has 1 amide bonds. The van der Waals surface area contributed by atoms with Gasteiger partial charge in [0.05, 0.1) is 21.5 Å². The normalized spacial score (nSPS) is 10.1. The molecule has 0 atom stereocenters. The van der Waals surface area contributed by atoms with Crippen LogP contribution in [0, 0.1) is 0 Å². The highest BCUT2D eigenvalue weighted by molar-refractivity contribution is 9.11. The highest BCUT2D eigenvalue weighted by Gasteiger charge is 2.11. The molecule has 4 nitrogen and oxygen atoms in total. The summed E-state index contributed by atoms with van der Waals surface area (Å²) in [6.45, 7) is 0. The fourth-order valence-electron chi connectivity index (χ4n) is 1.44. The second-order valence-corrected chi connectivity index (χ2v) is 5.98. The van der Waals surface area contributed by atoms with Crippen molar-refractivity contribution in [1.82, 2.24) is 0 Å². The van der Waals surface area contributed by atoms with Gasteiger partial charge in [-0.2, -0.15) is 0 Å². The molecule has 0 aliphatic rings. The Hall–Kier alpha value is -1.53. The highest BCUT2D eigenvalue weighted by atomic mass is 79.9. The zero-order valence-electron chi connectivity index (χ0n) is 9.57. The molecule has 0 fully saturated rings. The Morgan fingerprint density at radius 1 is 1.39 bits per heavy atom. The van der Waals surface area contributed by atoms with E-state index in [9.17, 15) is 4.79 Å². The number of benzene rings is 1. The minimum atomic E-state index is -0.186. The Morgan fingerprint density at radius 2 is 2.17 bits per heavy atom. The number of anilines is 2. The molecule has 1 aromatic carbocycles. The maximum Gasteiger partial charge on any atom is 0.265 e. The van der Waals surface area contributed by atoms with Crippen molar-refractivity contribution in [3.05, 3.63) is 39.0 Å². The zero-order chi connectivity index (χ0) is 13.1. The topological polar surface area (TPSA) is 64.3 Å². The molecule has 0 saturated carbocycles. The van der Waals surface area contributed by atoms with Crippen LogP contribution >= 0.6 is 27.3 Å². The number of rotatable bonds is 3. The fraction of sp³-hybridized carbons (Fsp3) is 0.0833. The summed E-state index contributed by atoms with van der Waals surface area (Å²) in [6, 6.07) is 8.68. The average Bonchev–Trinajstić information content (AvgIpc) is 2.76. The molecule has 6 heteroatoms. The molecule has 94 valence electrons. The molecule has 0 aliphatic heterocycles. The zero-order valence-corrected chi connectivity index (χ0v) is 12.0. The minimum Gasteiger partial charge on any atom is -0.495 e. The van der Waals surface area contributed by atoms with Crippen LogP contribution in [0.15, 0.2) is 34.1 Å². The third-order valence-corrected chi connectivity index (χ3v) is 3.89. The van der Waals surface area contributed by atoms with Crippen LogP contribution in [0.3, 0.4) is 0 Å². The number of nitrogen functional groups attached to an aromatic ring is 1. The van der Waals surface area contributed by atoms with E-state index in [0.29, 0.717) is 22.0 Å². The van der Waals surface area contributed by atoms with E-state index in [0.717, 1.165) is 3.79 Å². The predicted molar refractivity (Wildman–Crippen MR) is 77.4 cm³/mol. The van der Waals surface area contributed by atoms with Crippen molar-refractivity contribution in [1.29, 1.82) is 0 Å². The smallest absolute Gasteiger partial charge is 0.265 e. The van der Waals surface area contributed by atoms with Crippen molar-refractivity contribution in [2.75, 3.05) is 18.2 Å². The van der Waals surface area contributed by atoms with E-state index in [1.54, 1.807) is 31.4 Å². The molecule has 0 radical (unpaired) electrons. The Bertz CT molecular complexity index is 583. The van der Waals surface area contributed by atoms with Crippen LogP contribution in [-0.4, -0.2) is 13.0 Å². The summed E-state index contributed by atoms with van der Waals surface area (Å²) < 4.78 is 6.08. The van der Waals surface area contributed by atoms with Crippen LogP contribution in [0.1, 0.15) is 9.67 Å². The van der Waals surface area contributed by atoms with E-state index in [2.05, 4.69) is 21.2 Å². The lowest BCUT2D eigenvalue weighted by Crippen LogP contribution is -2.11.